The zero-order valence-electron chi connectivity index (χ0n) is 10.3. The zero-order valence-corrected chi connectivity index (χ0v) is 10.3. The van der Waals surface area contributed by atoms with Crippen LogP contribution in [0.25, 0.3) is 0 Å². The van der Waals surface area contributed by atoms with Crippen LogP contribution in [0.2, 0.25) is 0 Å². The number of nitrogens with one attached hydrogen (secondary N) is 1. The Morgan fingerprint density at radius 1 is 1.33 bits per heavy atom. The molecule has 2 amide bonds. The summed E-state index contributed by atoms with van der Waals surface area (Å²) in [6, 6.07) is 7.79. The summed E-state index contributed by atoms with van der Waals surface area (Å²) in [5.41, 5.74) is 4.20. The fraction of sp³-hybridized carbons (Fsp3) is 0.385. The van der Waals surface area contributed by atoms with Gasteiger partial charge in [-0.2, -0.15) is 0 Å². The highest BCUT2D eigenvalue weighted by Crippen LogP contribution is 2.27. The molecule has 1 unspecified atom stereocenters. The second kappa shape index (κ2) is 6.05. The van der Waals surface area contributed by atoms with Crippen LogP contribution in [0.4, 0.5) is 4.79 Å². The number of carboxylic acid groups (broad SMARTS) is 1. The zero-order chi connectivity index (χ0) is 13.6. The lowest BCUT2D eigenvalue weighted by Gasteiger charge is -2.30. The smallest absolute Gasteiger partial charge is 0.334 e. The van der Waals surface area contributed by atoms with Crippen molar-refractivity contribution >= 4 is 12.0 Å². The molecule has 0 radical (unpaired) electrons. The van der Waals surface area contributed by atoms with Gasteiger partial charge in [-0.3, -0.25) is 0 Å². The highest BCUT2D eigenvalue weighted by molar-refractivity contribution is 5.86. The molecule has 0 saturated carbocycles. The molecule has 0 bridgehead atoms. The van der Waals surface area contributed by atoms with E-state index in [-0.39, 0.29) is 0 Å². The van der Waals surface area contributed by atoms with Crippen LogP contribution >= 0.6 is 0 Å². The molecule has 4 N–H and O–H groups in total. The molecule has 0 heterocycles. The average Bonchev–Trinajstić information content (AvgIpc) is 2.34. The molecular formula is C13H18N2O3. The van der Waals surface area contributed by atoms with E-state index in [4.69, 9.17) is 5.73 Å². The van der Waals surface area contributed by atoms with Crippen LogP contribution < -0.4 is 11.1 Å². The van der Waals surface area contributed by atoms with Gasteiger partial charge in [0.15, 0.2) is 5.54 Å². The maximum atomic E-state index is 11.6. The van der Waals surface area contributed by atoms with E-state index >= 15 is 0 Å². The van der Waals surface area contributed by atoms with Crippen molar-refractivity contribution in [2.45, 2.75) is 31.7 Å². The van der Waals surface area contributed by atoms with Crippen molar-refractivity contribution in [3.05, 3.63) is 35.9 Å². The fourth-order valence-corrected chi connectivity index (χ4v) is 1.94. The number of carbonyl (C=O) groups is 2. The van der Waals surface area contributed by atoms with Crippen LogP contribution in [-0.4, -0.2) is 17.1 Å². The first kappa shape index (κ1) is 14.0. The van der Waals surface area contributed by atoms with E-state index in [1.54, 1.807) is 30.3 Å². The Balaban J connectivity index is 3.19. The number of amides is 2. The topological polar surface area (TPSA) is 92.4 Å². The summed E-state index contributed by atoms with van der Waals surface area (Å²) in [7, 11) is 0. The minimum Gasteiger partial charge on any atom is -0.479 e. The summed E-state index contributed by atoms with van der Waals surface area (Å²) in [6.07, 6.45) is 1.83. The first-order chi connectivity index (χ1) is 8.53. The van der Waals surface area contributed by atoms with E-state index in [2.05, 4.69) is 5.32 Å². The molecule has 98 valence electrons. The van der Waals surface area contributed by atoms with E-state index < -0.39 is 17.5 Å². The van der Waals surface area contributed by atoms with Gasteiger partial charge in [-0.05, 0) is 12.0 Å². The lowest BCUT2D eigenvalue weighted by molar-refractivity contribution is -0.145. The summed E-state index contributed by atoms with van der Waals surface area (Å²) in [6.45, 7) is 1.96. The molecule has 1 aromatic carbocycles. The quantitative estimate of drug-likeness (QED) is 0.719. The van der Waals surface area contributed by atoms with Crippen molar-refractivity contribution in [1.29, 1.82) is 0 Å². The first-order valence-electron chi connectivity index (χ1n) is 5.89. The van der Waals surface area contributed by atoms with Gasteiger partial charge in [0, 0.05) is 0 Å². The van der Waals surface area contributed by atoms with E-state index in [9.17, 15) is 14.7 Å². The van der Waals surface area contributed by atoms with Gasteiger partial charge in [0.1, 0.15) is 0 Å². The summed E-state index contributed by atoms with van der Waals surface area (Å²) in [4.78, 5) is 22.7. The number of unbranched alkanes of at least 4 members (excludes halogenated alkanes) is 1. The monoisotopic (exact) mass is 250 g/mol. The first-order valence-corrected chi connectivity index (χ1v) is 5.89. The second-order valence-corrected chi connectivity index (χ2v) is 4.17. The number of benzene rings is 1. The van der Waals surface area contributed by atoms with Crippen LogP contribution in [0, 0.1) is 0 Å². The summed E-state index contributed by atoms with van der Waals surface area (Å²) in [5, 5.41) is 11.9. The molecule has 0 aliphatic heterocycles. The minimum absolute atomic E-state index is 0.311. The van der Waals surface area contributed by atoms with Gasteiger partial charge in [0.25, 0.3) is 0 Å². The second-order valence-electron chi connectivity index (χ2n) is 4.17. The van der Waals surface area contributed by atoms with Gasteiger partial charge >= 0.3 is 12.0 Å². The standard InChI is InChI=1S/C13H18N2O3/c1-2-3-9-13(11(16)17,15-12(14)18)10-7-5-4-6-8-10/h4-8H,2-3,9H2,1H3,(H,16,17)(H3,14,15,18). The summed E-state index contributed by atoms with van der Waals surface area (Å²) >= 11 is 0. The Morgan fingerprint density at radius 2 is 1.94 bits per heavy atom. The van der Waals surface area contributed by atoms with Crippen LogP contribution in [0.5, 0.6) is 0 Å². The minimum atomic E-state index is -1.44. The molecule has 0 aliphatic carbocycles. The van der Waals surface area contributed by atoms with Gasteiger partial charge in [-0.15, -0.1) is 0 Å². The van der Waals surface area contributed by atoms with Gasteiger partial charge < -0.3 is 16.2 Å². The lowest BCUT2D eigenvalue weighted by atomic mass is 9.85. The number of carboxylic acids is 1. The maximum absolute atomic E-state index is 11.6. The Morgan fingerprint density at radius 3 is 2.39 bits per heavy atom. The van der Waals surface area contributed by atoms with Crippen LogP contribution in [0.15, 0.2) is 30.3 Å². The number of urea groups is 1. The van der Waals surface area contributed by atoms with E-state index in [1.165, 1.54) is 0 Å². The highest BCUT2D eigenvalue weighted by atomic mass is 16.4. The number of carbonyl (C=O) groups excluding carboxylic acids is 1. The van der Waals surface area contributed by atoms with Gasteiger partial charge in [-0.25, -0.2) is 9.59 Å². The Hall–Kier alpha value is -2.04. The number of hydrogen-bond acceptors (Lipinski definition) is 2. The van der Waals surface area contributed by atoms with Crippen molar-refractivity contribution in [2.24, 2.45) is 5.73 Å². The Kier molecular flexibility index (Phi) is 4.71. The van der Waals surface area contributed by atoms with Crippen molar-refractivity contribution in [3.8, 4) is 0 Å². The number of nitrogens with two attached hydrogens (primary N) is 1. The highest BCUT2D eigenvalue weighted by Gasteiger charge is 2.40. The van der Waals surface area contributed by atoms with Crippen molar-refractivity contribution in [1.82, 2.24) is 5.32 Å². The Labute approximate surface area is 106 Å². The predicted octanol–water partition coefficient (Wildman–Crippen LogP) is 1.82. The van der Waals surface area contributed by atoms with Crippen LogP contribution in [0.3, 0.4) is 0 Å². The van der Waals surface area contributed by atoms with Crippen molar-refractivity contribution in [2.75, 3.05) is 0 Å². The molecule has 5 nitrogen and oxygen atoms in total. The predicted molar refractivity (Wildman–Crippen MR) is 68.0 cm³/mol. The molecular weight excluding hydrogens is 232 g/mol. The molecule has 0 saturated heterocycles. The normalized spacial score (nSPS) is 13.6. The SMILES string of the molecule is CCCCC(NC(N)=O)(C(=O)O)c1ccccc1. The van der Waals surface area contributed by atoms with E-state index in [0.717, 1.165) is 6.42 Å². The van der Waals surface area contributed by atoms with Crippen molar-refractivity contribution in [3.63, 3.8) is 0 Å². The molecule has 0 fully saturated rings. The lowest BCUT2D eigenvalue weighted by Crippen LogP contribution is -2.53. The van der Waals surface area contributed by atoms with E-state index in [0.29, 0.717) is 18.4 Å². The van der Waals surface area contributed by atoms with Crippen LogP contribution in [0.1, 0.15) is 31.7 Å². The summed E-state index contributed by atoms with van der Waals surface area (Å²) < 4.78 is 0. The molecule has 1 rings (SSSR count). The van der Waals surface area contributed by atoms with Crippen molar-refractivity contribution < 1.29 is 14.7 Å². The van der Waals surface area contributed by atoms with Gasteiger partial charge in [0.05, 0.1) is 0 Å². The molecule has 5 heteroatoms. The molecule has 0 aliphatic rings. The van der Waals surface area contributed by atoms with E-state index in [1.807, 2.05) is 6.92 Å². The molecule has 18 heavy (non-hydrogen) atoms. The number of rotatable bonds is 6. The number of primary amides is 1. The third-order valence-corrected chi connectivity index (χ3v) is 2.87. The number of hydrogen-bond donors (Lipinski definition) is 3. The largest absolute Gasteiger partial charge is 0.479 e. The Bertz CT molecular complexity index is 420. The molecule has 0 aromatic heterocycles. The number of aliphatic carboxylic acids is 1. The molecule has 1 atom stereocenters. The molecule has 0 spiro atoms. The maximum Gasteiger partial charge on any atom is 0.334 e. The third-order valence-electron chi connectivity index (χ3n) is 2.87. The third kappa shape index (κ3) is 3.00. The average molecular weight is 250 g/mol. The van der Waals surface area contributed by atoms with Crippen LogP contribution in [-0.2, 0) is 10.3 Å². The van der Waals surface area contributed by atoms with Gasteiger partial charge in [0.2, 0.25) is 0 Å². The fourth-order valence-electron chi connectivity index (χ4n) is 1.94. The summed E-state index contributed by atoms with van der Waals surface area (Å²) in [5.74, 6) is -1.10. The van der Waals surface area contributed by atoms with Gasteiger partial charge in [-0.1, -0.05) is 50.1 Å². The molecule has 1 aromatic rings.